The molecule has 0 atom stereocenters. The van der Waals surface area contributed by atoms with Crippen LogP contribution in [0.5, 0.6) is 0 Å². The summed E-state index contributed by atoms with van der Waals surface area (Å²) in [6, 6.07) is 0. The van der Waals surface area contributed by atoms with E-state index in [1.807, 2.05) is 0 Å². The van der Waals surface area contributed by atoms with Crippen molar-refractivity contribution in [2.24, 2.45) is 0 Å². The summed E-state index contributed by atoms with van der Waals surface area (Å²) in [5.74, 6) is 0.543. The smallest absolute Gasteiger partial charge is 0.208 e. The molecule has 0 radical (unpaired) electrons. The molecule has 0 saturated heterocycles. The molecule has 0 aliphatic rings. The van der Waals surface area contributed by atoms with Gasteiger partial charge in [0, 0.05) is 30.3 Å². The molecule has 0 aromatic heterocycles. The average Bonchev–Trinajstić information content (AvgIpc) is 2.04. The monoisotopic (exact) mass is 245 g/mol. The number of sulfonamides is 1. The molecule has 0 bridgehead atoms. The van der Waals surface area contributed by atoms with Crippen LogP contribution in [0.1, 0.15) is 6.92 Å². The van der Waals surface area contributed by atoms with Gasteiger partial charge in [0.25, 0.3) is 0 Å². The summed E-state index contributed by atoms with van der Waals surface area (Å²) in [7, 11) is -3.31. The van der Waals surface area contributed by atoms with E-state index in [0.717, 1.165) is 5.41 Å². The zero-order valence-corrected chi connectivity index (χ0v) is 9.74. The summed E-state index contributed by atoms with van der Waals surface area (Å²) in [4.78, 5) is 0. The second-order valence-corrected chi connectivity index (χ2v) is 4.87. The molecule has 0 rings (SSSR count). The van der Waals surface area contributed by atoms with Crippen molar-refractivity contribution >= 4 is 33.2 Å². The summed E-state index contributed by atoms with van der Waals surface area (Å²) < 4.78 is 24.1. The van der Waals surface area contributed by atoms with Crippen LogP contribution in [0.4, 0.5) is 0 Å². The van der Waals surface area contributed by atoms with Crippen molar-refractivity contribution < 1.29 is 8.42 Å². The molecule has 0 aromatic rings. The van der Waals surface area contributed by atoms with Gasteiger partial charge < -0.3 is 0 Å². The lowest BCUT2D eigenvalue weighted by molar-refractivity contribution is 0.456. The van der Waals surface area contributed by atoms with E-state index in [1.165, 1.54) is 10.4 Å². The van der Waals surface area contributed by atoms with E-state index < -0.39 is 10.0 Å². The molecule has 0 aliphatic heterocycles. The Morgan fingerprint density at radius 2 is 1.69 bits per heavy atom. The van der Waals surface area contributed by atoms with Crippen LogP contribution in [0.25, 0.3) is 0 Å². The van der Waals surface area contributed by atoms with Crippen molar-refractivity contribution in [3.05, 3.63) is 11.5 Å². The number of hydrogen-bond donors (Lipinski definition) is 0. The van der Waals surface area contributed by atoms with Crippen molar-refractivity contribution in [3.63, 3.8) is 0 Å². The summed E-state index contributed by atoms with van der Waals surface area (Å²) in [5.41, 5.74) is 0. The Hall–Kier alpha value is 0.230. The predicted molar refractivity (Wildman–Crippen MR) is 56.7 cm³/mol. The highest BCUT2D eigenvalue weighted by Crippen LogP contribution is 2.04. The van der Waals surface area contributed by atoms with Gasteiger partial charge in [-0.3, -0.25) is 0 Å². The van der Waals surface area contributed by atoms with Crippen LogP contribution < -0.4 is 0 Å². The Morgan fingerprint density at radius 1 is 1.23 bits per heavy atom. The van der Waals surface area contributed by atoms with Crippen LogP contribution in [-0.2, 0) is 10.0 Å². The highest BCUT2D eigenvalue weighted by molar-refractivity contribution is 7.92. The standard InChI is InChI=1S/C7H13Cl2NO2S/c1-2-7-13(11,12)10(5-3-8)6-4-9/h2,7H,3-6H2,1H3/b7-2+. The van der Waals surface area contributed by atoms with E-state index >= 15 is 0 Å². The van der Waals surface area contributed by atoms with Gasteiger partial charge in [0.05, 0.1) is 0 Å². The Kier molecular flexibility index (Phi) is 6.77. The van der Waals surface area contributed by atoms with Crippen LogP contribution in [0, 0.1) is 0 Å². The molecule has 0 saturated carbocycles. The summed E-state index contributed by atoms with van der Waals surface area (Å²) in [5, 5.41) is 1.14. The minimum atomic E-state index is -3.31. The molecule has 0 heterocycles. The molecular formula is C7H13Cl2NO2S. The second kappa shape index (κ2) is 6.65. The lowest BCUT2D eigenvalue weighted by atomic mass is 10.6. The first-order valence-electron chi connectivity index (χ1n) is 3.83. The summed E-state index contributed by atoms with van der Waals surface area (Å²) in [6.07, 6.45) is 1.48. The number of hydrogen-bond acceptors (Lipinski definition) is 2. The highest BCUT2D eigenvalue weighted by atomic mass is 35.5. The third-order valence-corrected chi connectivity index (χ3v) is 3.37. The van der Waals surface area contributed by atoms with Crippen LogP contribution >= 0.6 is 23.2 Å². The normalized spacial score (nSPS) is 12.9. The Morgan fingerprint density at radius 3 is 2.00 bits per heavy atom. The third kappa shape index (κ3) is 4.86. The van der Waals surface area contributed by atoms with Gasteiger partial charge in [-0.05, 0) is 6.92 Å². The summed E-state index contributed by atoms with van der Waals surface area (Å²) in [6.45, 7) is 2.24. The first-order chi connectivity index (χ1) is 6.08. The predicted octanol–water partition coefficient (Wildman–Crippen LogP) is 1.63. The topological polar surface area (TPSA) is 37.4 Å². The zero-order valence-electron chi connectivity index (χ0n) is 7.41. The SMILES string of the molecule is C/C=C/S(=O)(=O)N(CCCl)CCCl. The minimum absolute atomic E-state index is 0.272. The van der Waals surface area contributed by atoms with Gasteiger partial charge in [-0.15, -0.1) is 23.2 Å². The van der Waals surface area contributed by atoms with Gasteiger partial charge in [0.1, 0.15) is 0 Å². The molecule has 0 unspecified atom stereocenters. The largest absolute Gasteiger partial charge is 0.235 e. The van der Waals surface area contributed by atoms with Crippen molar-refractivity contribution in [1.82, 2.24) is 4.31 Å². The van der Waals surface area contributed by atoms with Gasteiger partial charge in [0.15, 0.2) is 0 Å². The maximum Gasteiger partial charge on any atom is 0.235 e. The molecule has 0 spiro atoms. The zero-order chi connectivity index (χ0) is 10.3. The fourth-order valence-electron chi connectivity index (χ4n) is 0.813. The van der Waals surface area contributed by atoms with E-state index in [2.05, 4.69) is 0 Å². The first-order valence-corrected chi connectivity index (χ1v) is 6.40. The fourth-order valence-corrected chi connectivity index (χ4v) is 2.63. The van der Waals surface area contributed by atoms with Gasteiger partial charge in [-0.2, -0.15) is 4.31 Å². The number of nitrogens with zero attached hydrogens (tertiary/aromatic N) is 1. The fraction of sp³-hybridized carbons (Fsp3) is 0.714. The Bertz CT molecular complexity index is 245. The van der Waals surface area contributed by atoms with E-state index in [4.69, 9.17) is 23.2 Å². The minimum Gasteiger partial charge on any atom is -0.208 e. The lowest BCUT2D eigenvalue weighted by Crippen LogP contribution is -2.32. The van der Waals surface area contributed by atoms with E-state index in [1.54, 1.807) is 6.92 Å². The summed E-state index contributed by atoms with van der Waals surface area (Å²) >= 11 is 10.9. The number of alkyl halides is 2. The molecule has 0 N–H and O–H groups in total. The van der Waals surface area contributed by atoms with E-state index in [-0.39, 0.29) is 11.8 Å². The Labute approximate surface area is 89.4 Å². The molecule has 3 nitrogen and oxygen atoms in total. The maximum absolute atomic E-state index is 11.4. The van der Waals surface area contributed by atoms with Gasteiger partial charge in [0.2, 0.25) is 10.0 Å². The van der Waals surface area contributed by atoms with Gasteiger partial charge >= 0.3 is 0 Å². The van der Waals surface area contributed by atoms with Crippen molar-refractivity contribution in [2.45, 2.75) is 6.92 Å². The second-order valence-electron chi connectivity index (χ2n) is 2.29. The van der Waals surface area contributed by atoms with Gasteiger partial charge in [-0.25, -0.2) is 8.42 Å². The van der Waals surface area contributed by atoms with Crippen molar-refractivity contribution in [2.75, 3.05) is 24.8 Å². The third-order valence-electron chi connectivity index (χ3n) is 1.34. The molecular weight excluding hydrogens is 233 g/mol. The molecule has 0 amide bonds. The Balaban J connectivity index is 4.52. The number of allylic oxidation sites excluding steroid dienone is 1. The van der Waals surface area contributed by atoms with Crippen molar-refractivity contribution in [3.8, 4) is 0 Å². The molecule has 0 fully saturated rings. The molecule has 13 heavy (non-hydrogen) atoms. The van der Waals surface area contributed by atoms with Crippen molar-refractivity contribution in [1.29, 1.82) is 0 Å². The van der Waals surface area contributed by atoms with E-state index in [9.17, 15) is 8.42 Å². The quantitative estimate of drug-likeness (QED) is 0.668. The molecule has 6 heteroatoms. The van der Waals surface area contributed by atoms with Gasteiger partial charge in [-0.1, -0.05) is 6.08 Å². The molecule has 0 aliphatic carbocycles. The van der Waals surface area contributed by atoms with Crippen LogP contribution in [0.2, 0.25) is 0 Å². The average molecular weight is 246 g/mol. The molecule has 0 aromatic carbocycles. The highest BCUT2D eigenvalue weighted by Gasteiger charge is 2.16. The van der Waals surface area contributed by atoms with Crippen LogP contribution in [0.15, 0.2) is 11.5 Å². The van der Waals surface area contributed by atoms with Crippen LogP contribution in [-0.4, -0.2) is 37.6 Å². The maximum atomic E-state index is 11.4. The van der Waals surface area contributed by atoms with E-state index in [0.29, 0.717) is 13.1 Å². The lowest BCUT2D eigenvalue weighted by Gasteiger charge is -2.17. The number of rotatable bonds is 6. The van der Waals surface area contributed by atoms with Crippen LogP contribution in [0.3, 0.4) is 0 Å². The molecule has 78 valence electrons. The number of halogens is 2. The first kappa shape index (κ1) is 13.2.